The highest BCUT2D eigenvalue weighted by atomic mass is 16.6. The first-order valence-corrected chi connectivity index (χ1v) is 8.15. The van der Waals surface area contributed by atoms with Gasteiger partial charge in [0.1, 0.15) is 5.75 Å². The van der Waals surface area contributed by atoms with Gasteiger partial charge >= 0.3 is 6.09 Å². The van der Waals surface area contributed by atoms with Crippen LogP contribution in [0.25, 0.3) is 0 Å². The molecule has 1 aromatic carbocycles. The highest BCUT2D eigenvalue weighted by molar-refractivity contribution is 5.77. The molecule has 2 rings (SSSR count). The van der Waals surface area contributed by atoms with Gasteiger partial charge in [-0.05, 0) is 30.4 Å². The van der Waals surface area contributed by atoms with Crippen LogP contribution in [0.15, 0.2) is 30.3 Å². The lowest BCUT2D eigenvalue weighted by molar-refractivity contribution is -0.134. The summed E-state index contributed by atoms with van der Waals surface area (Å²) in [7, 11) is 0. The normalized spacial score (nSPS) is 16.0. The Morgan fingerprint density at radius 3 is 2.35 bits per heavy atom. The second kappa shape index (κ2) is 7.49. The standard InChI is InChI=1S/C18H26N2O3/c1-18(2,3)13-16(21)20-11-9-14(10-12-20)19-17(22)23-15-7-5-4-6-8-15/h4-8,14H,9-13H2,1-3H3,(H,19,22). The Labute approximate surface area is 138 Å². The van der Waals surface area contributed by atoms with Gasteiger partial charge in [0, 0.05) is 25.6 Å². The monoisotopic (exact) mass is 318 g/mol. The molecule has 126 valence electrons. The van der Waals surface area contributed by atoms with Crippen LogP contribution in [-0.4, -0.2) is 36.0 Å². The molecule has 1 fully saturated rings. The zero-order valence-electron chi connectivity index (χ0n) is 14.2. The molecular weight excluding hydrogens is 292 g/mol. The van der Waals surface area contributed by atoms with Crippen molar-refractivity contribution in [3.8, 4) is 5.75 Å². The predicted octanol–water partition coefficient (Wildman–Crippen LogP) is 3.20. The minimum atomic E-state index is -0.435. The quantitative estimate of drug-likeness (QED) is 0.931. The maximum absolute atomic E-state index is 12.2. The average molecular weight is 318 g/mol. The molecule has 2 amide bonds. The maximum Gasteiger partial charge on any atom is 0.412 e. The van der Waals surface area contributed by atoms with Crippen LogP contribution in [-0.2, 0) is 4.79 Å². The molecule has 0 aliphatic carbocycles. The van der Waals surface area contributed by atoms with Gasteiger partial charge in [0.05, 0.1) is 0 Å². The molecule has 0 atom stereocenters. The average Bonchev–Trinajstić information content (AvgIpc) is 2.47. The van der Waals surface area contributed by atoms with Crippen LogP contribution >= 0.6 is 0 Å². The number of carbonyl (C=O) groups is 2. The van der Waals surface area contributed by atoms with Crippen LogP contribution in [0.2, 0.25) is 0 Å². The van der Waals surface area contributed by atoms with Crippen molar-refractivity contribution in [1.29, 1.82) is 0 Å². The molecule has 1 saturated heterocycles. The van der Waals surface area contributed by atoms with E-state index in [4.69, 9.17) is 4.74 Å². The van der Waals surface area contributed by atoms with Crippen LogP contribution in [0.1, 0.15) is 40.0 Å². The van der Waals surface area contributed by atoms with E-state index in [2.05, 4.69) is 26.1 Å². The summed E-state index contributed by atoms with van der Waals surface area (Å²) in [6, 6.07) is 9.06. The summed E-state index contributed by atoms with van der Waals surface area (Å²) in [4.78, 5) is 26.0. The van der Waals surface area contributed by atoms with Crippen LogP contribution in [0.5, 0.6) is 5.75 Å². The largest absolute Gasteiger partial charge is 0.412 e. The molecule has 1 aliphatic heterocycles. The van der Waals surface area contributed by atoms with Gasteiger partial charge in [-0.2, -0.15) is 0 Å². The van der Waals surface area contributed by atoms with Gasteiger partial charge in [0.25, 0.3) is 0 Å². The van der Waals surface area contributed by atoms with E-state index in [0.717, 1.165) is 12.8 Å². The van der Waals surface area contributed by atoms with Crippen molar-refractivity contribution < 1.29 is 14.3 Å². The summed E-state index contributed by atoms with van der Waals surface area (Å²) >= 11 is 0. The van der Waals surface area contributed by atoms with E-state index >= 15 is 0 Å². The van der Waals surface area contributed by atoms with Gasteiger partial charge in [-0.3, -0.25) is 4.79 Å². The summed E-state index contributed by atoms with van der Waals surface area (Å²) in [6.45, 7) is 7.58. The zero-order chi connectivity index (χ0) is 16.9. The molecule has 0 saturated carbocycles. The van der Waals surface area contributed by atoms with Crippen molar-refractivity contribution in [3.63, 3.8) is 0 Å². The fraction of sp³-hybridized carbons (Fsp3) is 0.556. The molecule has 0 bridgehead atoms. The minimum absolute atomic E-state index is 0.00563. The zero-order valence-corrected chi connectivity index (χ0v) is 14.2. The van der Waals surface area contributed by atoms with Crippen molar-refractivity contribution >= 4 is 12.0 Å². The van der Waals surface area contributed by atoms with Gasteiger partial charge < -0.3 is 15.0 Å². The topological polar surface area (TPSA) is 58.6 Å². The fourth-order valence-corrected chi connectivity index (χ4v) is 2.63. The van der Waals surface area contributed by atoms with Gasteiger partial charge in [-0.25, -0.2) is 4.79 Å². The molecule has 0 unspecified atom stereocenters. The van der Waals surface area contributed by atoms with E-state index in [-0.39, 0.29) is 17.4 Å². The molecule has 0 spiro atoms. The number of nitrogens with one attached hydrogen (secondary N) is 1. The maximum atomic E-state index is 12.2. The number of hydrogen-bond donors (Lipinski definition) is 1. The number of hydrogen-bond acceptors (Lipinski definition) is 3. The number of ether oxygens (including phenoxy) is 1. The van der Waals surface area contributed by atoms with Crippen molar-refractivity contribution in [2.24, 2.45) is 5.41 Å². The number of amides is 2. The molecule has 0 radical (unpaired) electrons. The SMILES string of the molecule is CC(C)(C)CC(=O)N1CCC(NC(=O)Oc2ccccc2)CC1. The number of para-hydroxylation sites is 1. The summed E-state index contributed by atoms with van der Waals surface area (Å²) in [5.74, 6) is 0.727. The lowest BCUT2D eigenvalue weighted by Gasteiger charge is -2.33. The van der Waals surface area contributed by atoms with Gasteiger partial charge in [0.2, 0.25) is 5.91 Å². The van der Waals surface area contributed by atoms with Crippen molar-refractivity contribution in [2.45, 2.75) is 46.1 Å². The molecule has 5 nitrogen and oxygen atoms in total. The molecule has 1 heterocycles. The van der Waals surface area contributed by atoms with Crippen LogP contribution < -0.4 is 10.1 Å². The molecule has 0 aromatic heterocycles. The number of rotatable bonds is 3. The van der Waals surface area contributed by atoms with Crippen molar-refractivity contribution in [2.75, 3.05) is 13.1 Å². The Kier molecular flexibility index (Phi) is 5.64. The third-order valence-corrected chi connectivity index (χ3v) is 3.80. The number of piperidine rings is 1. The van der Waals surface area contributed by atoms with Gasteiger partial charge in [0.15, 0.2) is 0 Å². The van der Waals surface area contributed by atoms with E-state index in [9.17, 15) is 9.59 Å². The molecule has 23 heavy (non-hydrogen) atoms. The number of nitrogens with zero attached hydrogens (tertiary/aromatic N) is 1. The second-order valence-electron chi connectivity index (χ2n) is 7.24. The van der Waals surface area contributed by atoms with Crippen LogP contribution in [0.4, 0.5) is 4.79 Å². The summed E-state index contributed by atoms with van der Waals surface area (Å²) in [6.07, 6.45) is 1.65. The Morgan fingerprint density at radius 2 is 1.78 bits per heavy atom. The summed E-state index contributed by atoms with van der Waals surface area (Å²) in [5.41, 5.74) is 0.00563. The van der Waals surface area contributed by atoms with E-state index in [1.165, 1.54) is 0 Å². The Balaban J connectivity index is 1.74. The molecule has 5 heteroatoms. The van der Waals surface area contributed by atoms with Crippen molar-refractivity contribution in [3.05, 3.63) is 30.3 Å². The van der Waals surface area contributed by atoms with Gasteiger partial charge in [-0.15, -0.1) is 0 Å². The van der Waals surface area contributed by atoms with Crippen LogP contribution in [0.3, 0.4) is 0 Å². The van der Waals surface area contributed by atoms with Gasteiger partial charge in [-0.1, -0.05) is 39.0 Å². The van der Waals surface area contributed by atoms with Crippen molar-refractivity contribution in [1.82, 2.24) is 10.2 Å². The number of benzene rings is 1. The number of carbonyl (C=O) groups excluding carboxylic acids is 2. The smallest absolute Gasteiger partial charge is 0.410 e. The lowest BCUT2D eigenvalue weighted by atomic mass is 9.91. The second-order valence-corrected chi connectivity index (χ2v) is 7.24. The van der Waals surface area contributed by atoms with Crippen LogP contribution in [0, 0.1) is 5.41 Å². The Bertz CT molecular complexity index is 529. The molecule has 1 aliphatic rings. The lowest BCUT2D eigenvalue weighted by Crippen LogP contribution is -2.47. The third-order valence-electron chi connectivity index (χ3n) is 3.80. The van der Waals surface area contributed by atoms with E-state index in [1.54, 1.807) is 12.1 Å². The van der Waals surface area contributed by atoms with E-state index < -0.39 is 6.09 Å². The molecule has 1 N–H and O–H groups in total. The first kappa shape index (κ1) is 17.3. The molecule has 1 aromatic rings. The Morgan fingerprint density at radius 1 is 1.17 bits per heavy atom. The van der Waals surface area contributed by atoms with E-state index in [0.29, 0.717) is 25.3 Å². The predicted molar refractivity (Wildman–Crippen MR) is 89.3 cm³/mol. The highest BCUT2D eigenvalue weighted by Gasteiger charge is 2.26. The third kappa shape index (κ3) is 5.93. The Hall–Kier alpha value is -2.04. The van der Waals surface area contributed by atoms with E-state index in [1.807, 2.05) is 23.1 Å². The first-order valence-electron chi connectivity index (χ1n) is 8.15. The summed E-state index contributed by atoms with van der Waals surface area (Å²) < 4.78 is 5.23. The number of likely N-dealkylation sites (tertiary alicyclic amines) is 1. The minimum Gasteiger partial charge on any atom is -0.410 e. The molecular formula is C18H26N2O3. The fourth-order valence-electron chi connectivity index (χ4n) is 2.63. The first-order chi connectivity index (χ1) is 10.8. The highest BCUT2D eigenvalue weighted by Crippen LogP contribution is 2.21. The summed E-state index contributed by atoms with van der Waals surface area (Å²) in [5, 5.41) is 2.88.